The summed E-state index contributed by atoms with van der Waals surface area (Å²) in [6.45, 7) is 12.6. The fourth-order valence-corrected chi connectivity index (χ4v) is 4.09. The molecule has 0 atom stereocenters. The van der Waals surface area contributed by atoms with Gasteiger partial charge in [0.1, 0.15) is 11.2 Å². The maximum absolute atomic E-state index is 13.2. The second-order valence-corrected chi connectivity index (χ2v) is 11.7. The number of carbonyl (C=O) groups excluding carboxylic acids is 3. The zero-order valence-corrected chi connectivity index (χ0v) is 24.3. The molecule has 1 saturated heterocycles. The molecule has 0 unspecified atom stereocenters. The van der Waals surface area contributed by atoms with E-state index in [-0.39, 0.29) is 17.9 Å². The number of piperazine rings is 1. The molecule has 0 radical (unpaired) electrons. The second-order valence-electron chi connectivity index (χ2n) is 11.7. The Hall–Kier alpha value is -4.54. The monoisotopic (exact) mass is 563 g/mol. The lowest BCUT2D eigenvalue weighted by Gasteiger charge is -2.34. The molecule has 1 aliphatic rings. The molecule has 2 heterocycles. The van der Waals surface area contributed by atoms with Crippen molar-refractivity contribution in [3.63, 3.8) is 0 Å². The fourth-order valence-electron chi connectivity index (χ4n) is 4.09. The van der Waals surface area contributed by atoms with Crippen LogP contribution >= 0.6 is 0 Å². The molecule has 0 bridgehead atoms. The Morgan fingerprint density at radius 1 is 0.805 bits per heavy atom. The highest BCUT2D eigenvalue weighted by molar-refractivity contribution is 6.05. The zero-order chi connectivity index (χ0) is 29.8. The van der Waals surface area contributed by atoms with Crippen molar-refractivity contribution >= 4 is 35.5 Å². The van der Waals surface area contributed by atoms with Gasteiger partial charge >= 0.3 is 12.2 Å². The van der Waals surface area contributed by atoms with E-state index < -0.39 is 23.2 Å². The van der Waals surface area contributed by atoms with Gasteiger partial charge in [0, 0.05) is 26.2 Å². The maximum Gasteiger partial charge on any atom is 0.412 e. The second kappa shape index (κ2) is 11.9. The molecule has 1 fully saturated rings. The molecule has 11 nitrogen and oxygen atoms in total. The van der Waals surface area contributed by atoms with Crippen molar-refractivity contribution in [1.82, 2.24) is 9.88 Å². The number of hydrogen-bond donors (Lipinski definition) is 2. The van der Waals surface area contributed by atoms with Crippen LogP contribution < -0.4 is 15.5 Å². The largest absolute Gasteiger partial charge is 0.444 e. The van der Waals surface area contributed by atoms with Crippen LogP contribution in [0.25, 0.3) is 11.1 Å². The molecular weight excluding hydrogens is 526 g/mol. The summed E-state index contributed by atoms with van der Waals surface area (Å²) in [6, 6.07) is 15.3. The third-order valence-corrected chi connectivity index (χ3v) is 5.93. The molecule has 4 rings (SSSR count). The summed E-state index contributed by atoms with van der Waals surface area (Å²) >= 11 is 0. The standard InChI is InChI=1S/C30H37N5O6/c1-29(2,3)40-27(37)33-22-13-12-21(20-10-8-7-9-11-20)18-23(22)32-25(36)24-19-31-26(39-24)34-14-16-35(17-15-34)28(38)41-30(4,5)6/h7-13,18-19H,14-17H2,1-6H3,(H,32,36)(H,33,37). The number of nitrogens with zero attached hydrogens (tertiary/aromatic N) is 3. The molecule has 3 aromatic rings. The molecule has 218 valence electrons. The first-order valence-electron chi connectivity index (χ1n) is 13.5. The number of rotatable bonds is 5. The van der Waals surface area contributed by atoms with E-state index >= 15 is 0 Å². The summed E-state index contributed by atoms with van der Waals surface area (Å²) in [4.78, 5) is 45.9. The molecule has 1 aliphatic heterocycles. The Morgan fingerprint density at radius 2 is 1.46 bits per heavy atom. The zero-order valence-electron chi connectivity index (χ0n) is 24.3. The third kappa shape index (κ3) is 8.23. The third-order valence-electron chi connectivity index (χ3n) is 5.93. The number of nitrogens with one attached hydrogen (secondary N) is 2. The average molecular weight is 564 g/mol. The number of hydrogen-bond acceptors (Lipinski definition) is 8. The van der Waals surface area contributed by atoms with Crippen LogP contribution in [-0.4, -0.2) is 65.4 Å². The van der Waals surface area contributed by atoms with Crippen LogP contribution in [0.15, 0.2) is 59.1 Å². The van der Waals surface area contributed by atoms with Gasteiger partial charge in [-0.25, -0.2) is 14.6 Å². The van der Waals surface area contributed by atoms with Crippen molar-refractivity contribution in [3.05, 3.63) is 60.5 Å². The van der Waals surface area contributed by atoms with E-state index in [9.17, 15) is 14.4 Å². The number of ether oxygens (including phenoxy) is 2. The van der Waals surface area contributed by atoms with E-state index in [4.69, 9.17) is 13.9 Å². The summed E-state index contributed by atoms with van der Waals surface area (Å²) in [5.41, 5.74) is 1.26. The first-order chi connectivity index (χ1) is 19.3. The molecular formula is C30H37N5O6. The number of benzene rings is 2. The molecule has 2 aromatic carbocycles. The number of aromatic nitrogens is 1. The Balaban J connectivity index is 1.47. The molecule has 41 heavy (non-hydrogen) atoms. The van der Waals surface area contributed by atoms with Crippen molar-refractivity contribution in [1.29, 1.82) is 0 Å². The van der Waals surface area contributed by atoms with Crippen molar-refractivity contribution in [2.24, 2.45) is 0 Å². The van der Waals surface area contributed by atoms with Gasteiger partial charge in [-0.15, -0.1) is 0 Å². The summed E-state index contributed by atoms with van der Waals surface area (Å²) in [6.07, 6.45) is 0.346. The van der Waals surface area contributed by atoms with Gasteiger partial charge in [-0.3, -0.25) is 10.1 Å². The molecule has 2 N–H and O–H groups in total. The van der Waals surface area contributed by atoms with Gasteiger partial charge in [-0.1, -0.05) is 36.4 Å². The fraction of sp³-hybridized carbons (Fsp3) is 0.400. The summed E-state index contributed by atoms with van der Waals surface area (Å²) in [5, 5.41) is 5.55. The first kappa shape index (κ1) is 29.4. The topological polar surface area (TPSA) is 126 Å². The summed E-state index contributed by atoms with van der Waals surface area (Å²) < 4.78 is 16.6. The Labute approximate surface area is 239 Å². The smallest absolute Gasteiger partial charge is 0.412 e. The van der Waals surface area contributed by atoms with Crippen LogP contribution in [0.4, 0.5) is 27.0 Å². The number of carbonyl (C=O) groups is 3. The number of amides is 3. The Bertz CT molecular complexity index is 1380. The minimum atomic E-state index is -0.688. The van der Waals surface area contributed by atoms with Crippen LogP contribution in [-0.2, 0) is 9.47 Å². The van der Waals surface area contributed by atoms with Crippen LogP contribution in [0, 0.1) is 0 Å². The van der Waals surface area contributed by atoms with Crippen LogP contribution in [0.1, 0.15) is 52.1 Å². The predicted octanol–water partition coefficient (Wildman–Crippen LogP) is 6.00. The average Bonchev–Trinajstić information content (AvgIpc) is 3.39. The summed E-state index contributed by atoms with van der Waals surface area (Å²) in [7, 11) is 0. The van der Waals surface area contributed by atoms with Crippen molar-refractivity contribution in [2.75, 3.05) is 41.7 Å². The van der Waals surface area contributed by atoms with E-state index in [1.165, 1.54) is 6.20 Å². The van der Waals surface area contributed by atoms with Crippen LogP contribution in [0.2, 0.25) is 0 Å². The SMILES string of the molecule is CC(C)(C)OC(=O)Nc1ccc(-c2ccccc2)cc1NC(=O)c1cnc(N2CCN(C(=O)OC(C)(C)C)CC2)o1. The Morgan fingerprint density at radius 3 is 2.10 bits per heavy atom. The Kier molecular flexibility index (Phi) is 8.55. The van der Waals surface area contributed by atoms with Crippen LogP contribution in [0.3, 0.4) is 0 Å². The van der Waals surface area contributed by atoms with Crippen LogP contribution in [0.5, 0.6) is 0 Å². The van der Waals surface area contributed by atoms with Crippen molar-refractivity contribution < 1.29 is 28.3 Å². The molecule has 11 heteroatoms. The van der Waals surface area contributed by atoms with Crippen molar-refractivity contribution in [3.8, 4) is 11.1 Å². The molecule has 1 aromatic heterocycles. The van der Waals surface area contributed by atoms with Gasteiger partial charge in [-0.2, -0.15) is 0 Å². The van der Waals surface area contributed by atoms with E-state index in [1.54, 1.807) is 37.8 Å². The lowest BCUT2D eigenvalue weighted by atomic mass is 10.0. The summed E-state index contributed by atoms with van der Waals surface area (Å²) in [5.74, 6) is -0.531. The minimum absolute atomic E-state index is 0.00269. The lowest BCUT2D eigenvalue weighted by Crippen LogP contribution is -2.50. The highest BCUT2D eigenvalue weighted by atomic mass is 16.6. The molecule has 0 aliphatic carbocycles. The maximum atomic E-state index is 13.2. The number of oxazole rings is 1. The van der Waals surface area contributed by atoms with Gasteiger partial charge in [0.15, 0.2) is 0 Å². The van der Waals surface area contributed by atoms with Gasteiger partial charge in [0.05, 0.1) is 17.6 Å². The highest BCUT2D eigenvalue weighted by Gasteiger charge is 2.28. The molecule has 0 spiro atoms. The molecule has 3 amide bonds. The highest BCUT2D eigenvalue weighted by Crippen LogP contribution is 2.30. The first-order valence-corrected chi connectivity index (χ1v) is 13.5. The molecule has 0 saturated carbocycles. The lowest BCUT2D eigenvalue weighted by molar-refractivity contribution is 0.0238. The van der Waals surface area contributed by atoms with Crippen molar-refractivity contribution in [2.45, 2.75) is 52.7 Å². The van der Waals surface area contributed by atoms with E-state index in [2.05, 4.69) is 15.6 Å². The van der Waals surface area contributed by atoms with E-state index in [1.807, 2.05) is 62.1 Å². The van der Waals surface area contributed by atoms with Gasteiger partial charge in [0.25, 0.3) is 11.9 Å². The van der Waals surface area contributed by atoms with Gasteiger partial charge < -0.3 is 29.0 Å². The van der Waals surface area contributed by atoms with Gasteiger partial charge in [-0.05, 0) is 64.8 Å². The quantitative estimate of drug-likeness (QED) is 0.387. The normalized spacial score (nSPS) is 13.9. The minimum Gasteiger partial charge on any atom is -0.444 e. The van der Waals surface area contributed by atoms with E-state index in [0.717, 1.165) is 11.1 Å². The van der Waals surface area contributed by atoms with E-state index in [0.29, 0.717) is 37.6 Å². The number of anilines is 3. The predicted molar refractivity (Wildman–Crippen MR) is 156 cm³/mol. The van der Waals surface area contributed by atoms with Gasteiger partial charge in [0.2, 0.25) is 5.76 Å².